The van der Waals surface area contributed by atoms with Gasteiger partial charge in [-0.05, 0) is 104 Å². The highest BCUT2D eigenvalue weighted by atomic mass is 14.4. The summed E-state index contributed by atoms with van der Waals surface area (Å²) in [6.45, 7) is 4.12. The van der Waals surface area contributed by atoms with Gasteiger partial charge < -0.3 is 0 Å². The average molecular weight is 614 g/mol. The van der Waals surface area contributed by atoms with Crippen LogP contribution in [0.25, 0.3) is 87.2 Å². The molecule has 0 heteroatoms. The molecule has 9 aromatic carbocycles. The Hall–Kier alpha value is -5.72. The van der Waals surface area contributed by atoms with Gasteiger partial charge >= 0.3 is 0 Å². The molecule has 0 atom stereocenters. The number of hydrogen-bond donors (Lipinski definition) is 0. The first-order valence-electron chi connectivity index (χ1n) is 23.7. The molecule has 0 aliphatic heterocycles. The molecule has 1 aliphatic carbocycles. The Morgan fingerprint density at radius 2 is 1.06 bits per heavy atom. The number of fused-ring (bicyclic) bond motifs is 10. The maximum Gasteiger partial charge on any atom is 0.0630 e. The lowest BCUT2D eigenvalue weighted by atomic mass is 9.80. The molecule has 0 amide bonds. The van der Waals surface area contributed by atoms with Crippen LogP contribution in [-0.2, 0) is 5.41 Å². The fourth-order valence-corrected chi connectivity index (χ4v) is 7.45. The Bertz CT molecular complexity index is 3640. The van der Waals surface area contributed by atoms with Crippen LogP contribution in [0, 0.1) is 0 Å². The Kier molecular flexibility index (Phi) is 3.04. The van der Waals surface area contributed by atoms with Crippen LogP contribution in [0.5, 0.6) is 0 Å². The average Bonchev–Trinajstić information content (AvgIpc) is 3.52. The summed E-state index contributed by atoms with van der Waals surface area (Å²) < 4.78 is 154. The van der Waals surface area contributed by atoms with Crippen molar-refractivity contribution >= 4 is 53.9 Å². The molecule has 0 unspecified atom stereocenters. The smallest absolute Gasteiger partial charge is 0.0616 e. The zero-order valence-corrected chi connectivity index (χ0v) is 25.2. The first kappa shape index (κ1) is 14.8. The molecule has 0 bridgehead atoms. The molecule has 9 aromatic rings. The summed E-state index contributed by atoms with van der Waals surface area (Å²) in [6.07, 6.45) is 0. The molecule has 47 heavy (non-hydrogen) atoms. The molecule has 0 nitrogen and oxygen atoms in total. The minimum Gasteiger partial charge on any atom is -0.0616 e. The first-order valence-corrected chi connectivity index (χ1v) is 15.2. The third kappa shape index (κ3) is 3.64. The monoisotopic (exact) mass is 613 g/mol. The number of rotatable bonds is 2. The SMILES string of the molecule is [2H]c1c([2H])c([2H])c2c(-c3c([2H])c([2H])c([2H])c4c3c([2H])c([2H])c3c([2H])c([2H])c([2H])c([2H])c34)c3c([2H])c([2H])c([2H])c([2H])c3c(-c3ccc4c(c3)C(C)(C)c3ccc5ccccc5c3-4)c2c1[2H]. The molecule has 0 saturated carbocycles. The van der Waals surface area contributed by atoms with Crippen LogP contribution >= 0.6 is 0 Å². The van der Waals surface area contributed by atoms with Crippen molar-refractivity contribution in [2.24, 2.45) is 0 Å². The summed E-state index contributed by atoms with van der Waals surface area (Å²) in [6, 6.07) is 5.84. The van der Waals surface area contributed by atoms with Crippen LogP contribution in [0.1, 0.15) is 48.3 Å². The molecule has 0 radical (unpaired) electrons. The molecule has 220 valence electrons. The molecule has 0 heterocycles. The van der Waals surface area contributed by atoms with Crippen molar-refractivity contribution in [3.63, 3.8) is 0 Å². The van der Waals surface area contributed by atoms with Gasteiger partial charge in [0, 0.05) is 5.41 Å². The second kappa shape index (κ2) is 9.64. The van der Waals surface area contributed by atoms with Gasteiger partial charge in [-0.15, -0.1) is 0 Å². The van der Waals surface area contributed by atoms with Crippen LogP contribution < -0.4 is 0 Å². The van der Waals surface area contributed by atoms with E-state index in [0.717, 1.165) is 33.0 Å². The van der Waals surface area contributed by atoms with E-state index in [1.165, 1.54) is 0 Å². The summed E-state index contributed by atoms with van der Waals surface area (Å²) >= 11 is 0. The van der Waals surface area contributed by atoms with Crippen LogP contribution in [0.4, 0.5) is 0 Å². The molecule has 0 N–H and O–H groups in total. The topological polar surface area (TPSA) is 0 Å². The second-order valence-corrected chi connectivity index (χ2v) is 12.3. The van der Waals surface area contributed by atoms with E-state index in [0.29, 0.717) is 5.56 Å². The maximum atomic E-state index is 9.52. The standard InChI is InChI=1S/C47H32/c1-47(2)42-27-24-30-13-4-6-15-33(30)46(42)41-26-23-31(28-43(41)47)44-37-16-7-9-18-39(37)45(40-19-10-8-17-38(40)44)36-21-11-20-34-32-14-5-3-12-29(32)22-25-35(34)36/h3-28H,1-2H3/i3D,5D,7D,8D,9D,10D,11D,12D,14D,16D,17D,18D,19D,20D,21D,22D,25D. The lowest BCUT2D eigenvalue weighted by molar-refractivity contribution is 0.661. The van der Waals surface area contributed by atoms with E-state index in [-0.39, 0.29) is 38.1 Å². The Labute approximate surface area is 298 Å². The van der Waals surface area contributed by atoms with E-state index < -0.39 is 130 Å². The van der Waals surface area contributed by atoms with Gasteiger partial charge in [-0.2, -0.15) is 0 Å². The van der Waals surface area contributed by atoms with Crippen molar-refractivity contribution < 1.29 is 23.3 Å². The summed E-state index contributed by atoms with van der Waals surface area (Å²) in [5.41, 5.74) is 2.77. The van der Waals surface area contributed by atoms with Gasteiger partial charge in [0.15, 0.2) is 0 Å². The largest absolute Gasteiger partial charge is 0.0630 e. The van der Waals surface area contributed by atoms with E-state index >= 15 is 0 Å². The van der Waals surface area contributed by atoms with Crippen molar-refractivity contribution in [2.75, 3.05) is 0 Å². The first-order chi connectivity index (χ1) is 30.2. The third-order valence-electron chi connectivity index (χ3n) is 9.60. The van der Waals surface area contributed by atoms with Crippen molar-refractivity contribution in [2.45, 2.75) is 19.3 Å². The Balaban J connectivity index is 1.47. The van der Waals surface area contributed by atoms with Gasteiger partial charge in [0.1, 0.15) is 0 Å². The van der Waals surface area contributed by atoms with Gasteiger partial charge in [-0.3, -0.25) is 0 Å². The fourth-order valence-electron chi connectivity index (χ4n) is 7.45. The van der Waals surface area contributed by atoms with Gasteiger partial charge in [0.2, 0.25) is 0 Å². The molecule has 1 aliphatic rings. The minimum absolute atomic E-state index is 0.0399. The van der Waals surface area contributed by atoms with Crippen molar-refractivity contribution in [3.8, 4) is 33.4 Å². The molecule has 0 spiro atoms. The second-order valence-electron chi connectivity index (χ2n) is 12.3. The normalized spacial score (nSPS) is 18.6. The highest BCUT2D eigenvalue weighted by Crippen LogP contribution is 2.53. The predicted molar refractivity (Wildman–Crippen MR) is 202 cm³/mol. The molecule has 10 rings (SSSR count). The number of benzene rings is 9. The van der Waals surface area contributed by atoms with Gasteiger partial charge in [0.25, 0.3) is 0 Å². The Morgan fingerprint density at radius 1 is 0.404 bits per heavy atom. The van der Waals surface area contributed by atoms with Crippen molar-refractivity contribution in [1.82, 2.24) is 0 Å². The fraction of sp³-hybridized carbons (Fsp3) is 0.0638. The molecular weight excluding hydrogens is 565 g/mol. The lowest BCUT2D eigenvalue weighted by Crippen LogP contribution is -2.15. The summed E-state index contributed by atoms with van der Waals surface area (Å²) in [5.74, 6) is 0. The zero-order valence-electron chi connectivity index (χ0n) is 42.2. The summed E-state index contributed by atoms with van der Waals surface area (Å²) in [4.78, 5) is 0. The van der Waals surface area contributed by atoms with E-state index in [2.05, 4.69) is 26.0 Å². The van der Waals surface area contributed by atoms with Crippen molar-refractivity contribution in [3.05, 3.63) is 168 Å². The molecule has 0 saturated heterocycles. The van der Waals surface area contributed by atoms with Crippen LogP contribution in [-0.4, -0.2) is 0 Å². The predicted octanol–water partition coefficient (Wildman–Crippen LogP) is 13.1. The summed E-state index contributed by atoms with van der Waals surface area (Å²) in [5, 5.41) is -0.590. The van der Waals surface area contributed by atoms with Gasteiger partial charge in [-0.1, -0.05) is 165 Å². The van der Waals surface area contributed by atoms with Crippen LogP contribution in [0.2, 0.25) is 0 Å². The van der Waals surface area contributed by atoms with Crippen molar-refractivity contribution in [1.29, 1.82) is 0 Å². The number of hydrogen-bond acceptors (Lipinski definition) is 0. The van der Waals surface area contributed by atoms with Crippen LogP contribution in [0.15, 0.2) is 157 Å². The van der Waals surface area contributed by atoms with E-state index in [9.17, 15) is 8.22 Å². The van der Waals surface area contributed by atoms with Gasteiger partial charge in [-0.25, -0.2) is 0 Å². The maximum absolute atomic E-state index is 9.52. The highest BCUT2D eigenvalue weighted by Gasteiger charge is 2.36. The lowest BCUT2D eigenvalue weighted by Gasteiger charge is -2.23. The quantitative estimate of drug-likeness (QED) is 0.134. The van der Waals surface area contributed by atoms with E-state index in [1.807, 2.05) is 36.4 Å². The van der Waals surface area contributed by atoms with Gasteiger partial charge in [0.05, 0.1) is 23.3 Å². The third-order valence-corrected chi connectivity index (χ3v) is 9.60. The molecular formula is C47H32. The van der Waals surface area contributed by atoms with E-state index in [1.54, 1.807) is 6.07 Å². The van der Waals surface area contributed by atoms with Crippen LogP contribution in [0.3, 0.4) is 0 Å². The Morgan fingerprint density at radius 3 is 1.83 bits per heavy atom. The highest BCUT2D eigenvalue weighted by molar-refractivity contribution is 6.25. The molecule has 0 fully saturated rings. The summed E-state index contributed by atoms with van der Waals surface area (Å²) in [7, 11) is 0. The van der Waals surface area contributed by atoms with E-state index in [4.69, 9.17) is 15.1 Å². The molecule has 0 aromatic heterocycles. The zero-order chi connectivity index (χ0) is 46.1. The minimum atomic E-state index is -0.798.